The number of hydrogen-bond acceptors (Lipinski definition) is 1. The summed E-state index contributed by atoms with van der Waals surface area (Å²) < 4.78 is 6.92. The van der Waals surface area contributed by atoms with Crippen molar-refractivity contribution in [1.29, 1.82) is 0 Å². The van der Waals surface area contributed by atoms with Crippen LogP contribution in [-0.4, -0.2) is 11.2 Å². The third-order valence-corrected chi connectivity index (χ3v) is 5.23. The topological polar surface area (TPSA) is 9.23 Å². The normalized spacial score (nSPS) is 17.0. The van der Waals surface area contributed by atoms with Gasteiger partial charge in [-0.15, -0.1) is 0 Å². The summed E-state index contributed by atoms with van der Waals surface area (Å²) in [6.07, 6.45) is 18.0. The van der Waals surface area contributed by atoms with Crippen molar-refractivity contribution >= 4 is 0 Å². The van der Waals surface area contributed by atoms with Crippen molar-refractivity contribution < 1.29 is 4.74 Å². The molecule has 0 rings (SSSR count). The summed E-state index contributed by atoms with van der Waals surface area (Å²) in [5.74, 6) is 0. The monoisotopic (exact) mass is 326 g/mol. The smallest absolute Gasteiger partial charge is 0.0662 e. The molecule has 0 aliphatic carbocycles. The van der Waals surface area contributed by atoms with Gasteiger partial charge in [-0.25, -0.2) is 0 Å². The van der Waals surface area contributed by atoms with Crippen LogP contribution in [0, 0.1) is 0 Å². The van der Waals surface area contributed by atoms with Crippen LogP contribution >= 0.6 is 0 Å². The Morgan fingerprint density at radius 2 is 0.783 bits per heavy atom. The average Bonchev–Trinajstić information content (AvgIpc) is 2.52. The Labute approximate surface area is 148 Å². The molecule has 0 radical (unpaired) electrons. The summed E-state index contributed by atoms with van der Waals surface area (Å²) >= 11 is 0. The first-order valence-electron chi connectivity index (χ1n) is 10.7. The highest BCUT2D eigenvalue weighted by Crippen LogP contribution is 2.36. The molecule has 0 amide bonds. The summed E-state index contributed by atoms with van der Waals surface area (Å²) in [4.78, 5) is 0. The summed E-state index contributed by atoms with van der Waals surface area (Å²) in [5, 5.41) is 0. The molecule has 0 aromatic rings. The first-order chi connectivity index (χ1) is 10.9. The molecule has 0 saturated heterocycles. The van der Waals surface area contributed by atoms with Crippen LogP contribution in [0.15, 0.2) is 0 Å². The van der Waals surface area contributed by atoms with Crippen LogP contribution in [0.4, 0.5) is 0 Å². The van der Waals surface area contributed by atoms with Crippen molar-refractivity contribution in [2.24, 2.45) is 0 Å². The Bertz CT molecular complexity index is 237. The fourth-order valence-electron chi connectivity index (χ4n) is 3.65. The van der Waals surface area contributed by atoms with E-state index in [1.165, 1.54) is 89.9 Å². The van der Waals surface area contributed by atoms with E-state index in [1.807, 2.05) is 0 Å². The van der Waals surface area contributed by atoms with Crippen LogP contribution in [0.25, 0.3) is 0 Å². The predicted octanol–water partition coefficient (Wildman–Crippen LogP) is 8.06. The van der Waals surface area contributed by atoms with E-state index in [1.54, 1.807) is 0 Å². The van der Waals surface area contributed by atoms with Gasteiger partial charge in [-0.05, 0) is 39.5 Å². The number of ether oxygens (including phenoxy) is 1. The van der Waals surface area contributed by atoms with Crippen molar-refractivity contribution in [1.82, 2.24) is 0 Å². The largest absolute Gasteiger partial charge is 0.369 e. The van der Waals surface area contributed by atoms with E-state index >= 15 is 0 Å². The second kappa shape index (κ2) is 13.3. The third kappa shape index (κ3) is 11.2. The molecule has 1 heteroatoms. The third-order valence-electron chi connectivity index (χ3n) is 5.23. The summed E-state index contributed by atoms with van der Waals surface area (Å²) in [7, 11) is 0. The SMILES string of the molecule is CCCCCC(C)(CCCC)OC(C)(CCCC)CCCCC. The fourth-order valence-corrected chi connectivity index (χ4v) is 3.65. The van der Waals surface area contributed by atoms with Gasteiger partial charge in [0.1, 0.15) is 0 Å². The lowest BCUT2D eigenvalue weighted by atomic mass is 9.87. The maximum Gasteiger partial charge on any atom is 0.0662 e. The minimum atomic E-state index is 0.0832. The number of unbranched alkanes of at least 4 members (excludes halogenated alkanes) is 6. The van der Waals surface area contributed by atoms with E-state index in [0.717, 1.165) is 0 Å². The lowest BCUT2D eigenvalue weighted by molar-refractivity contribution is -0.157. The predicted molar refractivity (Wildman–Crippen MR) is 105 cm³/mol. The molecule has 0 aliphatic rings. The van der Waals surface area contributed by atoms with E-state index < -0.39 is 0 Å². The van der Waals surface area contributed by atoms with Crippen molar-refractivity contribution in [3.05, 3.63) is 0 Å². The number of rotatable bonds is 16. The summed E-state index contributed by atoms with van der Waals surface area (Å²) in [6, 6.07) is 0. The molecule has 0 aliphatic heterocycles. The van der Waals surface area contributed by atoms with Crippen molar-refractivity contribution in [3.63, 3.8) is 0 Å². The molecule has 2 atom stereocenters. The van der Waals surface area contributed by atoms with Gasteiger partial charge >= 0.3 is 0 Å². The van der Waals surface area contributed by atoms with Crippen LogP contribution < -0.4 is 0 Å². The summed E-state index contributed by atoms with van der Waals surface area (Å²) in [6.45, 7) is 14.0. The highest BCUT2D eigenvalue weighted by atomic mass is 16.5. The first kappa shape index (κ1) is 23.0. The van der Waals surface area contributed by atoms with Gasteiger partial charge in [0.25, 0.3) is 0 Å². The van der Waals surface area contributed by atoms with E-state index in [9.17, 15) is 0 Å². The molecule has 23 heavy (non-hydrogen) atoms. The highest BCUT2D eigenvalue weighted by Gasteiger charge is 2.34. The molecule has 0 heterocycles. The Morgan fingerprint density at radius 3 is 1.09 bits per heavy atom. The van der Waals surface area contributed by atoms with Gasteiger partial charge in [0.2, 0.25) is 0 Å². The van der Waals surface area contributed by atoms with E-state index in [2.05, 4.69) is 41.5 Å². The molecule has 0 fully saturated rings. The fraction of sp³-hybridized carbons (Fsp3) is 1.00. The Kier molecular flexibility index (Phi) is 13.3. The minimum absolute atomic E-state index is 0.0832. The molecule has 0 aromatic heterocycles. The Hall–Kier alpha value is -0.0400. The van der Waals surface area contributed by atoms with Gasteiger partial charge in [0, 0.05) is 0 Å². The van der Waals surface area contributed by atoms with E-state index in [4.69, 9.17) is 4.74 Å². The molecule has 0 N–H and O–H groups in total. The lowest BCUT2D eigenvalue weighted by Gasteiger charge is -2.41. The molecule has 0 bridgehead atoms. The van der Waals surface area contributed by atoms with Crippen LogP contribution in [0.2, 0.25) is 0 Å². The standard InChI is InChI=1S/C22H46O/c1-7-11-15-19-21(5,17-13-9-3)23-22(6,18-14-10-4)20-16-12-8-2/h7-20H2,1-6H3. The molecular formula is C22H46O. The van der Waals surface area contributed by atoms with Crippen LogP contribution in [0.1, 0.15) is 131 Å². The zero-order valence-electron chi connectivity index (χ0n) is 17.3. The average molecular weight is 327 g/mol. The Balaban J connectivity index is 4.83. The molecule has 0 aromatic carbocycles. The second-order valence-electron chi connectivity index (χ2n) is 8.12. The van der Waals surface area contributed by atoms with Gasteiger partial charge in [-0.2, -0.15) is 0 Å². The van der Waals surface area contributed by atoms with E-state index in [-0.39, 0.29) is 11.2 Å². The maximum absolute atomic E-state index is 6.92. The van der Waals surface area contributed by atoms with Gasteiger partial charge in [-0.1, -0.05) is 91.9 Å². The van der Waals surface area contributed by atoms with Crippen LogP contribution in [0.3, 0.4) is 0 Å². The molecule has 0 spiro atoms. The summed E-state index contributed by atoms with van der Waals surface area (Å²) in [5.41, 5.74) is 0.166. The zero-order valence-corrected chi connectivity index (χ0v) is 17.3. The lowest BCUT2D eigenvalue weighted by Crippen LogP contribution is -2.41. The second-order valence-corrected chi connectivity index (χ2v) is 8.12. The molecule has 1 nitrogen and oxygen atoms in total. The van der Waals surface area contributed by atoms with Crippen LogP contribution in [0.5, 0.6) is 0 Å². The quantitative estimate of drug-likeness (QED) is 0.261. The molecular weight excluding hydrogens is 280 g/mol. The van der Waals surface area contributed by atoms with Crippen LogP contribution in [-0.2, 0) is 4.74 Å². The highest BCUT2D eigenvalue weighted by molar-refractivity contribution is 4.84. The van der Waals surface area contributed by atoms with Gasteiger partial charge in [0.15, 0.2) is 0 Å². The molecule has 2 unspecified atom stereocenters. The van der Waals surface area contributed by atoms with Gasteiger partial charge in [0.05, 0.1) is 11.2 Å². The zero-order chi connectivity index (χ0) is 17.6. The minimum Gasteiger partial charge on any atom is -0.369 e. The van der Waals surface area contributed by atoms with E-state index in [0.29, 0.717) is 0 Å². The van der Waals surface area contributed by atoms with Gasteiger partial charge < -0.3 is 4.74 Å². The number of hydrogen-bond donors (Lipinski definition) is 0. The van der Waals surface area contributed by atoms with Crippen molar-refractivity contribution in [2.45, 2.75) is 143 Å². The maximum atomic E-state index is 6.92. The van der Waals surface area contributed by atoms with Crippen molar-refractivity contribution in [2.75, 3.05) is 0 Å². The van der Waals surface area contributed by atoms with Crippen molar-refractivity contribution in [3.8, 4) is 0 Å². The van der Waals surface area contributed by atoms with Gasteiger partial charge in [-0.3, -0.25) is 0 Å². The molecule has 140 valence electrons. The molecule has 0 saturated carbocycles. The Morgan fingerprint density at radius 1 is 0.478 bits per heavy atom. The first-order valence-corrected chi connectivity index (χ1v) is 10.7.